The van der Waals surface area contributed by atoms with Gasteiger partial charge in [0.05, 0.1) is 17.7 Å². The fourth-order valence-corrected chi connectivity index (χ4v) is 2.38. The molecule has 0 spiro atoms. The Bertz CT molecular complexity index is 469. The topological polar surface area (TPSA) is 64.9 Å². The second-order valence-corrected chi connectivity index (χ2v) is 5.09. The summed E-state index contributed by atoms with van der Waals surface area (Å²) in [6.07, 6.45) is 1.67. The van der Waals surface area contributed by atoms with E-state index in [0.717, 1.165) is 25.1 Å². The van der Waals surface area contributed by atoms with Gasteiger partial charge in [-0.1, -0.05) is 12.1 Å². The van der Waals surface area contributed by atoms with Gasteiger partial charge in [-0.2, -0.15) is 5.26 Å². The van der Waals surface area contributed by atoms with Crippen molar-refractivity contribution in [1.29, 1.82) is 5.26 Å². The molecule has 1 aromatic carbocycles. The van der Waals surface area contributed by atoms with E-state index in [1.807, 2.05) is 19.1 Å². The average molecular weight is 257 g/mol. The minimum Gasteiger partial charge on any atom is -0.350 e. The third-order valence-corrected chi connectivity index (χ3v) is 3.55. The molecule has 0 bridgehead atoms. The van der Waals surface area contributed by atoms with E-state index in [1.165, 1.54) is 0 Å². The number of nitrogens with zero attached hydrogens (tertiary/aromatic N) is 1. The van der Waals surface area contributed by atoms with Gasteiger partial charge in [0.2, 0.25) is 5.91 Å². The lowest BCUT2D eigenvalue weighted by Crippen LogP contribution is -2.28. The fraction of sp³-hybridized carbons (Fsp3) is 0.467. The minimum atomic E-state index is -0.0189. The van der Waals surface area contributed by atoms with E-state index in [2.05, 4.69) is 16.7 Å². The van der Waals surface area contributed by atoms with Crippen LogP contribution in [-0.4, -0.2) is 19.0 Å². The van der Waals surface area contributed by atoms with Crippen LogP contribution >= 0.6 is 0 Å². The van der Waals surface area contributed by atoms with Gasteiger partial charge in [-0.3, -0.25) is 4.79 Å². The number of nitriles is 1. The van der Waals surface area contributed by atoms with Crippen molar-refractivity contribution < 1.29 is 4.79 Å². The highest BCUT2D eigenvalue weighted by Crippen LogP contribution is 2.16. The molecule has 1 aliphatic rings. The molecule has 100 valence electrons. The van der Waals surface area contributed by atoms with Crippen LogP contribution < -0.4 is 10.6 Å². The number of carbonyl (C=O) groups is 1. The zero-order chi connectivity index (χ0) is 13.7. The SMILES string of the molecule is CC(NC(=O)CC1CCNC1)c1ccc(C#N)cc1. The lowest BCUT2D eigenvalue weighted by atomic mass is 10.0. The molecule has 1 amide bonds. The van der Waals surface area contributed by atoms with Crippen LogP contribution in [0.15, 0.2) is 24.3 Å². The summed E-state index contributed by atoms with van der Waals surface area (Å²) in [5.41, 5.74) is 1.66. The molecule has 0 radical (unpaired) electrons. The van der Waals surface area contributed by atoms with Crippen molar-refractivity contribution in [2.45, 2.75) is 25.8 Å². The zero-order valence-corrected chi connectivity index (χ0v) is 11.1. The largest absolute Gasteiger partial charge is 0.350 e. The lowest BCUT2D eigenvalue weighted by Gasteiger charge is -2.16. The van der Waals surface area contributed by atoms with Crippen molar-refractivity contribution in [1.82, 2.24) is 10.6 Å². The molecule has 4 nitrogen and oxygen atoms in total. The van der Waals surface area contributed by atoms with Gasteiger partial charge in [0.1, 0.15) is 0 Å². The summed E-state index contributed by atoms with van der Waals surface area (Å²) in [4.78, 5) is 11.9. The van der Waals surface area contributed by atoms with Crippen molar-refractivity contribution in [3.05, 3.63) is 35.4 Å². The van der Waals surface area contributed by atoms with Crippen LogP contribution in [0.1, 0.15) is 36.9 Å². The molecule has 1 aliphatic heterocycles. The molecule has 0 aliphatic carbocycles. The molecule has 2 N–H and O–H groups in total. The monoisotopic (exact) mass is 257 g/mol. The third kappa shape index (κ3) is 3.80. The van der Waals surface area contributed by atoms with E-state index in [-0.39, 0.29) is 11.9 Å². The van der Waals surface area contributed by atoms with Crippen molar-refractivity contribution in [3.63, 3.8) is 0 Å². The normalized spacial score (nSPS) is 19.7. The highest BCUT2D eigenvalue weighted by molar-refractivity contribution is 5.76. The predicted octanol–water partition coefficient (Wildman–Crippen LogP) is 1.74. The summed E-state index contributed by atoms with van der Waals surface area (Å²) in [7, 11) is 0. The summed E-state index contributed by atoms with van der Waals surface area (Å²) in [5.74, 6) is 0.568. The summed E-state index contributed by atoms with van der Waals surface area (Å²) in [6, 6.07) is 9.40. The number of hydrogen-bond donors (Lipinski definition) is 2. The number of amides is 1. The first-order valence-electron chi connectivity index (χ1n) is 6.69. The van der Waals surface area contributed by atoms with Crippen molar-refractivity contribution in [3.8, 4) is 6.07 Å². The summed E-state index contributed by atoms with van der Waals surface area (Å²) >= 11 is 0. The Morgan fingerprint density at radius 1 is 1.53 bits per heavy atom. The molecule has 2 rings (SSSR count). The summed E-state index contributed by atoms with van der Waals surface area (Å²) in [5, 5.41) is 15.0. The first-order chi connectivity index (χ1) is 9.19. The molecule has 19 heavy (non-hydrogen) atoms. The van der Waals surface area contributed by atoms with E-state index in [4.69, 9.17) is 5.26 Å². The Labute approximate surface area is 113 Å². The van der Waals surface area contributed by atoms with Gasteiger partial charge in [0, 0.05) is 6.42 Å². The van der Waals surface area contributed by atoms with Crippen LogP contribution in [0.4, 0.5) is 0 Å². The van der Waals surface area contributed by atoms with Gasteiger partial charge in [-0.25, -0.2) is 0 Å². The maximum absolute atomic E-state index is 11.9. The van der Waals surface area contributed by atoms with Gasteiger partial charge in [0.15, 0.2) is 0 Å². The number of rotatable bonds is 4. The molecular formula is C15H19N3O. The Balaban J connectivity index is 1.86. The average Bonchev–Trinajstić information content (AvgIpc) is 2.91. The summed E-state index contributed by atoms with van der Waals surface area (Å²) in [6.45, 7) is 3.92. The number of benzene rings is 1. The van der Waals surface area contributed by atoms with E-state index in [9.17, 15) is 4.79 Å². The van der Waals surface area contributed by atoms with Crippen molar-refractivity contribution >= 4 is 5.91 Å². The Morgan fingerprint density at radius 3 is 2.84 bits per heavy atom. The lowest BCUT2D eigenvalue weighted by molar-refractivity contribution is -0.122. The standard InChI is InChI=1S/C15H19N3O/c1-11(14-4-2-12(9-16)3-5-14)18-15(19)8-13-6-7-17-10-13/h2-5,11,13,17H,6-8,10H2,1H3,(H,18,19). The number of carbonyl (C=O) groups excluding carboxylic acids is 1. The second-order valence-electron chi connectivity index (χ2n) is 5.09. The van der Waals surface area contributed by atoms with Gasteiger partial charge in [-0.05, 0) is 50.0 Å². The van der Waals surface area contributed by atoms with Crippen molar-refractivity contribution in [2.24, 2.45) is 5.92 Å². The zero-order valence-electron chi connectivity index (χ0n) is 11.1. The van der Waals surface area contributed by atoms with E-state index >= 15 is 0 Å². The number of hydrogen-bond acceptors (Lipinski definition) is 3. The van der Waals surface area contributed by atoms with Crippen LogP contribution in [-0.2, 0) is 4.79 Å². The molecule has 2 unspecified atom stereocenters. The fourth-order valence-electron chi connectivity index (χ4n) is 2.38. The van der Waals surface area contributed by atoms with Crippen molar-refractivity contribution in [2.75, 3.05) is 13.1 Å². The maximum atomic E-state index is 11.9. The van der Waals surface area contributed by atoms with Gasteiger partial charge in [0.25, 0.3) is 0 Å². The molecule has 4 heteroatoms. The predicted molar refractivity (Wildman–Crippen MR) is 73.3 cm³/mol. The van der Waals surface area contributed by atoms with E-state index in [0.29, 0.717) is 17.9 Å². The van der Waals surface area contributed by atoms with Crippen LogP contribution in [0.5, 0.6) is 0 Å². The van der Waals surface area contributed by atoms with Crippen LogP contribution in [0.3, 0.4) is 0 Å². The van der Waals surface area contributed by atoms with Gasteiger partial charge < -0.3 is 10.6 Å². The molecule has 1 aromatic rings. The molecule has 0 saturated carbocycles. The first-order valence-corrected chi connectivity index (χ1v) is 6.69. The van der Waals surface area contributed by atoms with E-state index < -0.39 is 0 Å². The summed E-state index contributed by atoms with van der Waals surface area (Å²) < 4.78 is 0. The highest BCUT2D eigenvalue weighted by Gasteiger charge is 2.19. The Kier molecular flexibility index (Phi) is 4.53. The van der Waals surface area contributed by atoms with Crippen LogP contribution in [0.25, 0.3) is 0 Å². The van der Waals surface area contributed by atoms with Gasteiger partial charge >= 0.3 is 0 Å². The molecule has 1 fully saturated rings. The molecule has 1 saturated heterocycles. The Hall–Kier alpha value is -1.86. The Morgan fingerprint density at radius 2 is 2.26 bits per heavy atom. The number of nitrogens with one attached hydrogen (secondary N) is 2. The second kappa shape index (κ2) is 6.35. The molecule has 2 atom stereocenters. The van der Waals surface area contributed by atoms with Crippen LogP contribution in [0, 0.1) is 17.2 Å². The van der Waals surface area contributed by atoms with Gasteiger partial charge in [-0.15, -0.1) is 0 Å². The quantitative estimate of drug-likeness (QED) is 0.863. The molecule has 0 aromatic heterocycles. The first kappa shape index (κ1) is 13.6. The van der Waals surface area contributed by atoms with E-state index in [1.54, 1.807) is 12.1 Å². The smallest absolute Gasteiger partial charge is 0.220 e. The molecular weight excluding hydrogens is 238 g/mol. The minimum absolute atomic E-state index is 0.0189. The highest BCUT2D eigenvalue weighted by atomic mass is 16.1. The van der Waals surface area contributed by atoms with Crippen LogP contribution in [0.2, 0.25) is 0 Å². The maximum Gasteiger partial charge on any atom is 0.220 e. The molecule has 1 heterocycles. The third-order valence-electron chi connectivity index (χ3n) is 3.55.